The van der Waals surface area contributed by atoms with E-state index >= 15 is 0 Å². The molecule has 2 saturated heterocycles. The van der Waals surface area contributed by atoms with Crippen molar-refractivity contribution in [3.05, 3.63) is 34.9 Å². The van der Waals surface area contributed by atoms with Crippen LogP contribution in [-0.4, -0.2) is 55.8 Å². The number of halogens is 2. The highest BCUT2D eigenvalue weighted by Gasteiger charge is 2.32. The summed E-state index contributed by atoms with van der Waals surface area (Å²) >= 11 is 0. The molecule has 0 bridgehead atoms. The van der Waals surface area contributed by atoms with Gasteiger partial charge in [0.15, 0.2) is 0 Å². The average molecular weight is 375 g/mol. The zero-order valence-electron chi connectivity index (χ0n) is 13.7. The quantitative estimate of drug-likeness (QED) is 0.761. The van der Waals surface area contributed by atoms with Crippen LogP contribution in [0.2, 0.25) is 0 Å². The molecule has 1 aromatic carbocycles. The van der Waals surface area contributed by atoms with Crippen LogP contribution in [0.4, 0.5) is 0 Å². The van der Waals surface area contributed by atoms with Gasteiger partial charge in [0.25, 0.3) is 0 Å². The first-order valence-corrected chi connectivity index (χ1v) is 8.11. The SMILES string of the molecule is C[C@H]1Cc2cc([C@H]3CN4CCNC[C@@H]4CO3)ccc2C(=O)O1.Cl.Cl. The number of fused-ring (bicyclic) bond motifs is 2. The van der Waals surface area contributed by atoms with Gasteiger partial charge < -0.3 is 14.8 Å². The van der Waals surface area contributed by atoms with Crippen LogP contribution in [-0.2, 0) is 15.9 Å². The number of carbonyl (C=O) groups is 1. The highest BCUT2D eigenvalue weighted by Crippen LogP contribution is 2.29. The first-order chi connectivity index (χ1) is 10.7. The number of esters is 1. The molecule has 0 aromatic heterocycles. The molecule has 1 aromatic rings. The Bertz CT molecular complexity index is 599. The number of benzene rings is 1. The number of nitrogens with one attached hydrogen (secondary N) is 1. The molecule has 7 heteroatoms. The number of carbonyl (C=O) groups excluding carboxylic acids is 1. The van der Waals surface area contributed by atoms with Gasteiger partial charge in [-0.2, -0.15) is 0 Å². The maximum absolute atomic E-state index is 11.9. The largest absolute Gasteiger partial charge is 0.459 e. The molecule has 0 unspecified atom stereocenters. The number of hydrogen-bond donors (Lipinski definition) is 1. The van der Waals surface area contributed by atoms with E-state index in [2.05, 4.69) is 16.3 Å². The smallest absolute Gasteiger partial charge is 0.338 e. The molecule has 134 valence electrons. The van der Waals surface area contributed by atoms with Crippen LogP contribution in [0.15, 0.2) is 18.2 Å². The molecule has 3 aliphatic rings. The Kier molecular flexibility index (Phi) is 6.51. The maximum atomic E-state index is 11.9. The van der Waals surface area contributed by atoms with Gasteiger partial charge in [-0.05, 0) is 24.1 Å². The molecule has 1 N–H and O–H groups in total. The molecular formula is C17H24Cl2N2O3. The number of piperazine rings is 1. The number of hydrogen-bond acceptors (Lipinski definition) is 5. The second-order valence-electron chi connectivity index (χ2n) is 6.51. The van der Waals surface area contributed by atoms with Crippen molar-refractivity contribution in [1.29, 1.82) is 0 Å². The molecule has 0 spiro atoms. The predicted octanol–water partition coefficient (Wildman–Crippen LogP) is 1.98. The lowest BCUT2D eigenvalue weighted by Crippen LogP contribution is -2.57. The molecule has 3 heterocycles. The van der Waals surface area contributed by atoms with Gasteiger partial charge in [-0.3, -0.25) is 4.90 Å². The standard InChI is InChI=1S/C17H22N2O3.2ClH/c1-11-6-13-7-12(2-3-15(13)17(20)22-11)16-9-19-5-4-18-8-14(19)10-21-16;;/h2-3,7,11,14,16,18H,4-6,8-10H2,1H3;2*1H/t11-,14+,16+;;/m0../s1. The third-order valence-electron chi connectivity index (χ3n) is 4.90. The van der Waals surface area contributed by atoms with E-state index in [1.165, 1.54) is 5.56 Å². The lowest BCUT2D eigenvalue weighted by atomic mass is 9.94. The van der Waals surface area contributed by atoms with Crippen LogP contribution in [0, 0.1) is 0 Å². The molecule has 0 amide bonds. The van der Waals surface area contributed by atoms with E-state index in [4.69, 9.17) is 9.47 Å². The number of morpholine rings is 1. The summed E-state index contributed by atoms with van der Waals surface area (Å²) in [6.45, 7) is 6.80. The first kappa shape index (κ1) is 19.5. The van der Waals surface area contributed by atoms with Gasteiger partial charge in [0.1, 0.15) is 6.10 Å². The van der Waals surface area contributed by atoms with E-state index in [0.29, 0.717) is 11.6 Å². The Morgan fingerprint density at radius 1 is 1.29 bits per heavy atom. The molecule has 2 fully saturated rings. The molecule has 0 radical (unpaired) electrons. The Balaban J connectivity index is 0.00000104. The summed E-state index contributed by atoms with van der Waals surface area (Å²) in [4.78, 5) is 14.4. The Labute approximate surface area is 154 Å². The summed E-state index contributed by atoms with van der Waals surface area (Å²) in [6, 6.07) is 6.55. The minimum atomic E-state index is -0.202. The summed E-state index contributed by atoms with van der Waals surface area (Å²) < 4.78 is 11.4. The lowest BCUT2D eigenvalue weighted by molar-refractivity contribution is -0.0718. The number of rotatable bonds is 1. The Morgan fingerprint density at radius 2 is 2.12 bits per heavy atom. The van der Waals surface area contributed by atoms with Crippen LogP contribution in [0.3, 0.4) is 0 Å². The van der Waals surface area contributed by atoms with Gasteiger partial charge in [0.05, 0.1) is 18.3 Å². The summed E-state index contributed by atoms with van der Waals surface area (Å²) in [7, 11) is 0. The van der Waals surface area contributed by atoms with Gasteiger partial charge in [-0.1, -0.05) is 12.1 Å². The Hall–Kier alpha value is -0.850. The molecule has 24 heavy (non-hydrogen) atoms. The minimum absolute atomic E-state index is 0. The minimum Gasteiger partial charge on any atom is -0.459 e. The van der Waals surface area contributed by atoms with Crippen LogP contribution < -0.4 is 5.32 Å². The molecule has 3 aliphatic heterocycles. The van der Waals surface area contributed by atoms with Gasteiger partial charge in [-0.25, -0.2) is 4.79 Å². The highest BCUT2D eigenvalue weighted by molar-refractivity contribution is 5.92. The normalized spacial score (nSPS) is 29.4. The number of cyclic esters (lactones) is 1. The molecule has 0 saturated carbocycles. The topological polar surface area (TPSA) is 50.8 Å². The fourth-order valence-corrected chi connectivity index (χ4v) is 3.68. The predicted molar refractivity (Wildman–Crippen MR) is 96.4 cm³/mol. The van der Waals surface area contributed by atoms with Crippen LogP contribution in [0.5, 0.6) is 0 Å². The number of ether oxygens (including phenoxy) is 2. The fraction of sp³-hybridized carbons (Fsp3) is 0.588. The Morgan fingerprint density at radius 3 is 2.96 bits per heavy atom. The van der Waals surface area contributed by atoms with E-state index < -0.39 is 0 Å². The summed E-state index contributed by atoms with van der Waals surface area (Å²) in [5, 5.41) is 3.42. The third kappa shape index (κ3) is 3.70. The monoisotopic (exact) mass is 374 g/mol. The van der Waals surface area contributed by atoms with E-state index in [-0.39, 0.29) is 43.0 Å². The zero-order chi connectivity index (χ0) is 15.1. The van der Waals surface area contributed by atoms with Crippen molar-refractivity contribution >= 4 is 30.8 Å². The van der Waals surface area contributed by atoms with Crippen molar-refractivity contribution in [2.24, 2.45) is 0 Å². The van der Waals surface area contributed by atoms with Gasteiger partial charge in [0, 0.05) is 38.6 Å². The van der Waals surface area contributed by atoms with Crippen molar-refractivity contribution in [1.82, 2.24) is 10.2 Å². The van der Waals surface area contributed by atoms with Gasteiger partial charge in [0.2, 0.25) is 0 Å². The summed E-state index contributed by atoms with van der Waals surface area (Å²) in [5.74, 6) is -0.202. The molecule has 4 rings (SSSR count). The summed E-state index contributed by atoms with van der Waals surface area (Å²) in [6.07, 6.45) is 0.853. The van der Waals surface area contributed by atoms with Crippen molar-refractivity contribution in [2.45, 2.75) is 31.6 Å². The van der Waals surface area contributed by atoms with Crippen molar-refractivity contribution in [3.8, 4) is 0 Å². The maximum Gasteiger partial charge on any atom is 0.338 e. The molecule has 3 atom stereocenters. The first-order valence-electron chi connectivity index (χ1n) is 8.11. The van der Waals surface area contributed by atoms with Gasteiger partial charge in [-0.15, -0.1) is 24.8 Å². The van der Waals surface area contributed by atoms with Crippen molar-refractivity contribution < 1.29 is 14.3 Å². The average Bonchev–Trinajstić information content (AvgIpc) is 2.53. The second kappa shape index (κ2) is 8.02. The third-order valence-corrected chi connectivity index (χ3v) is 4.90. The van der Waals surface area contributed by atoms with E-state index in [1.807, 2.05) is 19.1 Å². The molecule has 0 aliphatic carbocycles. The molecular weight excluding hydrogens is 351 g/mol. The van der Waals surface area contributed by atoms with Gasteiger partial charge >= 0.3 is 5.97 Å². The van der Waals surface area contributed by atoms with Crippen LogP contribution >= 0.6 is 24.8 Å². The van der Waals surface area contributed by atoms with E-state index in [1.54, 1.807) is 0 Å². The number of nitrogens with zero attached hydrogens (tertiary/aromatic N) is 1. The zero-order valence-corrected chi connectivity index (χ0v) is 15.3. The molecule has 5 nitrogen and oxygen atoms in total. The van der Waals surface area contributed by atoms with Crippen LogP contribution in [0.25, 0.3) is 0 Å². The van der Waals surface area contributed by atoms with Crippen LogP contribution in [0.1, 0.15) is 34.5 Å². The summed E-state index contributed by atoms with van der Waals surface area (Å²) in [5.41, 5.74) is 2.97. The van der Waals surface area contributed by atoms with E-state index in [9.17, 15) is 4.79 Å². The highest BCUT2D eigenvalue weighted by atomic mass is 35.5. The lowest BCUT2D eigenvalue weighted by Gasteiger charge is -2.42. The van der Waals surface area contributed by atoms with Crippen molar-refractivity contribution in [3.63, 3.8) is 0 Å². The van der Waals surface area contributed by atoms with E-state index in [0.717, 1.165) is 44.8 Å². The second-order valence-corrected chi connectivity index (χ2v) is 6.51. The van der Waals surface area contributed by atoms with Crippen molar-refractivity contribution in [2.75, 3.05) is 32.8 Å². The fourth-order valence-electron chi connectivity index (χ4n) is 3.68.